The molecule has 0 aromatic heterocycles. The molecule has 148 valence electrons. The second-order valence-electron chi connectivity index (χ2n) is 6.73. The lowest BCUT2D eigenvalue weighted by Crippen LogP contribution is -2.41. The number of halogens is 1. The zero-order chi connectivity index (χ0) is 18.0. The zero-order valence-electron chi connectivity index (χ0n) is 15.5. The van der Waals surface area contributed by atoms with Gasteiger partial charge in [0.25, 0.3) is 0 Å². The number of carbonyl (C=O) groups is 1. The summed E-state index contributed by atoms with van der Waals surface area (Å²) in [5.74, 6) is 1.53. The molecule has 1 aliphatic heterocycles. The Morgan fingerprint density at radius 1 is 1.20 bits per heavy atom. The second kappa shape index (κ2) is 12.7. The van der Waals surface area contributed by atoms with Crippen LogP contribution >= 0.6 is 24.0 Å². The van der Waals surface area contributed by atoms with Crippen molar-refractivity contribution in [1.82, 2.24) is 16.0 Å². The summed E-state index contributed by atoms with van der Waals surface area (Å²) >= 11 is 0. The first-order chi connectivity index (χ1) is 11.3. The second-order valence-corrected chi connectivity index (χ2v) is 8.96. The van der Waals surface area contributed by atoms with Gasteiger partial charge in [-0.3, -0.25) is 9.79 Å². The highest BCUT2D eigenvalue weighted by Crippen LogP contribution is 2.11. The number of nitrogens with zero attached hydrogens (tertiary/aromatic N) is 1. The maximum Gasteiger partial charge on any atom is 0.222 e. The number of rotatable bonds is 9. The lowest BCUT2D eigenvalue weighted by atomic mass is 10.1. The summed E-state index contributed by atoms with van der Waals surface area (Å²) in [6.45, 7) is 5.77. The molecular weight excluding hydrogens is 455 g/mol. The van der Waals surface area contributed by atoms with Crippen molar-refractivity contribution in [3.8, 4) is 0 Å². The first kappa shape index (κ1) is 24.4. The summed E-state index contributed by atoms with van der Waals surface area (Å²) in [5.41, 5.74) is 0. The first-order valence-electron chi connectivity index (χ1n) is 8.76. The van der Waals surface area contributed by atoms with E-state index in [0.717, 1.165) is 18.9 Å². The summed E-state index contributed by atoms with van der Waals surface area (Å²) in [5, 5.41) is 9.11. The molecule has 1 unspecified atom stereocenters. The summed E-state index contributed by atoms with van der Waals surface area (Å²) < 4.78 is 22.7. The minimum Gasteiger partial charge on any atom is -0.356 e. The number of nitrogens with one attached hydrogen (secondary N) is 3. The SMILES string of the molecule is CN=C(NCCCCC(C)C)NCCC(=O)NC1CCS(=O)(=O)C1.I. The maximum atomic E-state index is 11.8. The van der Waals surface area contributed by atoms with Crippen molar-refractivity contribution in [1.29, 1.82) is 0 Å². The minimum atomic E-state index is -2.96. The van der Waals surface area contributed by atoms with Crippen molar-refractivity contribution < 1.29 is 13.2 Å². The van der Waals surface area contributed by atoms with Crippen molar-refractivity contribution in [3.63, 3.8) is 0 Å². The molecule has 0 aromatic rings. The van der Waals surface area contributed by atoms with E-state index in [1.54, 1.807) is 7.05 Å². The molecule has 0 aromatic carbocycles. The fourth-order valence-corrected chi connectivity index (χ4v) is 4.28. The molecule has 25 heavy (non-hydrogen) atoms. The topological polar surface area (TPSA) is 99.7 Å². The number of amides is 1. The van der Waals surface area contributed by atoms with Crippen molar-refractivity contribution >= 4 is 45.7 Å². The Morgan fingerprint density at radius 2 is 1.88 bits per heavy atom. The van der Waals surface area contributed by atoms with E-state index in [0.29, 0.717) is 25.3 Å². The molecule has 1 rings (SSSR count). The van der Waals surface area contributed by atoms with Gasteiger partial charge in [-0.2, -0.15) is 0 Å². The van der Waals surface area contributed by atoms with E-state index in [1.165, 1.54) is 12.8 Å². The van der Waals surface area contributed by atoms with Crippen molar-refractivity contribution in [2.75, 3.05) is 31.6 Å². The standard InChI is InChI=1S/C16H32N4O3S.HI/c1-13(2)6-4-5-9-18-16(17-3)19-10-7-15(21)20-14-8-11-24(22,23)12-14;/h13-14H,4-12H2,1-3H3,(H,20,21)(H2,17,18,19);1H. The van der Waals surface area contributed by atoms with E-state index in [2.05, 4.69) is 34.8 Å². The van der Waals surface area contributed by atoms with E-state index < -0.39 is 9.84 Å². The highest BCUT2D eigenvalue weighted by Gasteiger charge is 2.28. The van der Waals surface area contributed by atoms with Gasteiger partial charge in [0.05, 0.1) is 11.5 Å². The monoisotopic (exact) mass is 488 g/mol. The van der Waals surface area contributed by atoms with Crippen LogP contribution in [0.15, 0.2) is 4.99 Å². The third-order valence-corrected chi connectivity index (χ3v) is 5.73. The van der Waals surface area contributed by atoms with E-state index in [-0.39, 0.29) is 47.4 Å². The number of carbonyl (C=O) groups excluding carboxylic acids is 1. The van der Waals surface area contributed by atoms with Crippen LogP contribution < -0.4 is 16.0 Å². The van der Waals surface area contributed by atoms with Crippen LogP contribution in [0.1, 0.15) is 46.0 Å². The third kappa shape index (κ3) is 11.6. The van der Waals surface area contributed by atoms with Crippen molar-refractivity contribution in [2.45, 2.75) is 52.0 Å². The van der Waals surface area contributed by atoms with E-state index in [4.69, 9.17) is 0 Å². The summed E-state index contributed by atoms with van der Waals surface area (Å²) in [7, 11) is -1.26. The Kier molecular flexibility index (Phi) is 12.4. The van der Waals surface area contributed by atoms with E-state index in [1.807, 2.05) is 0 Å². The fourth-order valence-electron chi connectivity index (χ4n) is 2.61. The van der Waals surface area contributed by atoms with Crippen LogP contribution in [0.25, 0.3) is 0 Å². The maximum absolute atomic E-state index is 11.8. The molecule has 1 atom stereocenters. The Labute approximate surface area is 169 Å². The minimum absolute atomic E-state index is 0. The molecule has 1 fully saturated rings. The van der Waals surface area contributed by atoms with Crippen LogP contribution in [-0.2, 0) is 14.6 Å². The Bertz CT molecular complexity index is 523. The molecule has 9 heteroatoms. The van der Waals surface area contributed by atoms with E-state index in [9.17, 15) is 13.2 Å². The summed E-state index contributed by atoms with van der Waals surface area (Å²) in [6, 6.07) is -0.235. The smallest absolute Gasteiger partial charge is 0.222 e. The average molecular weight is 488 g/mol. The van der Waals surface area contributed by atoms with Gasteiger partial charge in [0, 0.05) is 32.6 Å². The molecule has 0 bridgehead atoms. The van der Waals surface area contributed by atoms with Gasteiger partial charge in [-0.25, -0.2) is 8.42 Å². The third-order valence-electron chi connectivity index (χ3n) is 3.97. The molecule has 1 amide bonds. The lowest BCUT2D eigenvalue weighted by molar-refractivity contribution is -0.121. The van der Waals surface area contributed by atoms with Gasteiger partial charge in [0.2, 0.25) is 5.91 Å². The molecule has 0 spiro atoms. The van der Waals surface area contributed by atoms with E-state index >= 15 is 0 Å². The molecule has 1 heterocycles. The normalized spacial score (nSPS) is 19.4. The van der Waals surface area contributed by atoms with Crippen LogP contribution in [0.5, 0.6) is 0 Å². The van der Waals surface area contributed by atoms with Gasteiger partial charge in [0.15, 0.2) is 15.8 Å². The molecule has 1 saturated heterocycles. The number of sulfone groups is 1. The zero-order valence-corrected chi connectivity index (χ0v) is 18.7. The molecule has 0 aliphatic carbocycles. The first-order valence-corrected chi connectivity index (χ1v) is 10.6. The van der Waals surface area contributed by atoms with Crippen molar-refractivity contribution in [3.05, 3.63) is 0 Å². The van der Waals surface area contributed by atoms with Gasteiger partial charge in [0.1, 0.15) is 0 Å². The average Bonchev–Trinajstić information content (AvgIpc) is 2.83. The fraction of sp³-hybridized carbons (Fsp3) is 0.875. The quantitative estimate of drug-likeness (QED) is 0.197. The lowest BCUT2D eigenvalue weighted by Gasteiger charge is -2.13. The van der Waals surface area contributed by atoms with Gasteiger partial charge in [-0.1, -0.05) is 26.7 Å². The number of aliphatic imine (C=N–C) groups is 1. The predicted molar refractivity (Wildman–Crippen MR) is 113 cm³/mol. The van der Waals surface area contributed by atoms with Crippen LogP contribution in [0.4, 0.5) is 0 Å². The highest BCUT2D eigenvalue weighted by atomic mass is 127. The Morgan fingerprint density at radius 3 is 2.44 bits per heavy atom. The van der Waals surface area contributed by atoms with Gasteiger partial charge in [-0.15, -0.1) is 24.0 Å². The number of hydrogen-bond acceptors (Lipinski definition) is 4. The van der Waals surface area contributed by atoms with Gasteiger partial charge >= 0.3 is 0 Å². The molecule has 7 nitrogen and oxygen atoms in total. The van der Waals surface area contributed by atoms with Crippen LogP contribution in [0, 0.1) is 5.92 Å². The van der Waals surface area contributed by atoms with Crippen LogP contribution in [0.3, 0.4) is 0 Å². The predicted octanol–water partition coefficient (Wildman–Crippen LogP) is 1.29. The largest absolute Gasteiger partial charge is 0.356 e. The molecule has 0 radical (unpaired) electrons. The molecule has 1 aliphatic rings. The molecule has 0 saturated carbocycles. The van der Waals surface area contributed by atoms with Crippen LogP contribution in [0.2, 0.25) is 0 Å². The highest BCUT2D eigenvalue weighted by molar-refractivity contribution is 14.0. The van der Waals surface area contributed by atoms with Gasteiger partial charge in [-0.05, 0) is 18.8 Å². The number of guanidine groups is 1. The number of unbranched alkanes of at least 4 members (excludes halogenated alkanes) is 1. The number of hydrogen-bond donors (Lipinski definition) is 3. The summed E-state index contributed by atoms with van der Waals surface area (Å²) in [4.78, 5) is 16.0. The Balaban J connectivity index is 0.00000576. The van der Waals surface area contributed by atoms with Gasteiger partial charge < -0.3 is 16.0 Å². The van der Waals surface area contributed by atoms with Crippen molar-refractivity contribution in [2.24, 2.45) is 10.9 Å². The summed E-state index contributed by atoms with van der Waals surface area (Å²) in [6.07, 6.45) is 4.32. The van der Waals surface area contributed by atoms with Crippen LogP contribution in [-0.4, -0.2) is 58.0 Å². The molecular formula is C16H33IN4O3S. The Hall–Kier alpha value is -0.580. The molecule has 3 N–H and O–H groups in total.